The fourth-order valence-electron chi connectivity index (χ4n) is 2.72. The number of hydrogen-bond acceptors (Lipinski definition) is 5. The third kappa shape index (κ3) is 7.32. The summed E-state index contributed by atoms with van der Waals surface area (Å²) in [5.74, 6) is 0.112. The molecule has 0 spiro atoms. The van der Waals surface area contributed by atoms with Crippen LogP contribution in [-0.4, -0.2) is 33.3 Å². The summed E-state index contributed by atoms with van der Waals surface area (Å²) in [5, 5.41) is 11.9. The molecule has 0 aliphatic heterocycles. The van der Waals surface area contributed by atoms with E-state index in [-0.39, 0.29) is 12.2 Å². The number of benzene rings is 2. The second-order valence-corrected chi connectivity index (χ2v) is 6.67. The van der Waals surface area contributed by atoms with Crippen molar-refractivity contribution in [3.05, 3.63) is 64.7 Å². The monoisotopic (exact) mass is 448 g/mol. The zero-order valence-corrected chi connectivity index (χ0v) is 17.7. The molecule has 0 aliphatic rings. The maximum absolute atomic E-state index is 12.9. The lowest BCUT2D eigenvalue weighted by molar-refractivity contribution is -0.137. The molecule has 2 rings (SSSR count). The van der Waals surface area contributed by atoms with Gasteiger partial charge in [0, 0.05) is 20.3 Å². The van der Waals surface area contributed by atoms with E-state index < -0.39 is 17.6 Å². The van der Waals surface area contributed by atoms with Crippen molar-refractivity contribution in [3.8, 4) is 17.6 Å². The molecule has 1 N–H and O–H groups in total. The number of carbonyl (C=O) groups excluding carboxylic acids is 1. The van der Waals surface area contributed by atoms with Crippen LogP contribution in [0.4, 0.5) is 13.2 Å². The van der Waals surface area contributed by atoms with Crippen LogP contribution < -0.4 is 14.8 Å². The second kappa shape index (κ2) is 11.8. The number of ether oxygens (including phenoxy) is 3. The molecule has 1 amide bonds. The molecule has 0 fully saturated rings. The average molecular weight is 448 g/mol. The van der Waals surface area contributed by atoms with Crippen molar-refractivity contribution in [2.24, 2.45) is 0 Å². The number of rotatable bonds is 10. The summed E-state index contributed by atoms with van der Waals surface area (Å²) >= 11 is 0. The maximum Gasteiger partial charge on any atom is 0.416 e. The van der Waals surface area contributed by atoms with Crippen LogP contribution in [0.5, 0.6) is 11.5 Å². The average Bonchev–Trinajstić information content (AvgIpc) is 2.78. The summed E-state index contributed by atoms with van der Waals surface area (Å²) in [7, 11) is 2.97. The van der Waals surface area contributed by atoms with E-state index in [1.165, 1.54) is 25.3 Å². The third-order valence-corrected chi connectivity index (χ3v) is 4.32. The van der Waals surface area contributed by atoms with Gasteiger partial charge in [-0.1, -0.05) is 18.2 Å². The largest absolute Gasteiger partial charge is 0.493 e. The molecule has 0 aromatic heterocycles. The molecule has 0 saturated carbocycles. The van der Waals surface area contributed by atoms with Crippen LogP contribution in [0.25, 0.3) is 6.08 Å². The van der Waals surface area contributed by atoms with Gasteiger partial charge in [0.1, 0.15) is 18.2 Å². The van der Waals surface area contributed by atoms with Gasteiger partial charge in [-0.3, -0.25) is 4.79 Å². The summed E-state index contributed by atoms with van der Waals surface area (Å²) in [5.41, 5.74) is 0.0392. The Hall–Kier alpha value is -3.51. The van der Waals surface area contributed by atoms with E-state index in [0.29, 0.717) is 42.2 Å². The number of alkyl halides is 3. The van der Waals surface area contributed by atoms with Gasteiger partial charge in [0.15, 0.2) is 11.5 Å². The molecule has 0 aliphatic carbocycles. The fraction of sp³-hybridized carbons (Fsp3) is 0.304. The molecule has 2 aromatic rings. The van der Waals surface area contributed by atoms with Crippen molar-refractivity contribution in [3.63, 3.8) is 0 Å². The summed E-state index contributed by atoms with van der Waals surface area (Å²) < 4.78 is 54.4. The van der Waals surface area contributed by atoms with Gasteiger partial charge in [-0.15, -0.1) is 0 Å². The first-order valence-corrected chi connectivity index (χ1v) is 9.64. The lowest BCUT2D eigenvalue weighted by atomic mass is 10.1. The van der Waals surface area contributed by atoms with Crippen molar-refractivity contribution in [2.45, 2.75) is 19.2 Å². The number of methoxy groups -OCH3 is 2. The Morgan fingerprint density at radius 2 is 1.94 bits per heavy atom. The molecule has 6 nitrogen and oxygen atoms in total. The van der Waals surface area contributed by atoms with Crippen molar-refractivity contribution < 1.29 is 32.2 Å². The van der Waals surface area contributed by atoms with E-state index in [4.69, 9.17) is 14.2 Å². The fourth-order valence-corrected chi connectivity index (χ4v) is 2.72. The van der Waals surface area contributed by atoms with Gasteiger partial charge >= 0.3 is 6.18 Å². The molecule has 0 atom stereocenters. The summed E-state index contributed by atoms with van der Waals surface area (Å²) in [6.07, 6.45) is -2.41. The van der Waals surface area contributed by atoms with E-state index in [1.54, 1.807) is 25.3 Å². The van der Waals surface area contributed by atoms with E-state index >= 15 is 0 Å². The predicted octanol–water partition coefficient (Wildman–Crippen LogP) is 4.35. The topological polar surface area (TPSA) is 80.6 Å². The lowest BCUT2D eigenvalue weighted by Gasteiger charge is -2.13. The predicted molar refractivity (Wildman–Crippen MR) is 112 cm³/mol. The van der Waals surface area contributed by atoms with E-state index in [9.17, 15) is 23.2 Å². The van der Waals surface area contributed by atoms with Gasteiger partial charge in [-0.05, 0) is 47.9 Å². The van der Waals surface area contributed by atoms with Crippen molar-refractivity contribution >= 4 is 12.0 Å². The number of halogens is 3. The highest BCUT2D eigenvalue weighted by atomic mass is 19.4. The van der Waals surface area contributed by atoms with Crippen molar-refractivity contribution in [1.82, 2.24) is 5.32 Å². The zero-order valence-electron chi connectivity index (χ0n) is 17.7. The summed E-state index contributed by atoms with van der Waals surface area (Å²) in [6, 6.07) is 11.5. The van der Waals surface area contributed by atoms with Gasteiger partial charge in [0.25, 0.3) is 5.91 Å². The van der Waals surface area contributed by atoms with Gasteiger partial charge < -0.3 is 19.5 Å². The first-order valence-electron chi connectivity index (χ1n) is 9.64. The Morgan fingerprint density at radius 3 is 2.59 bits per heavy atom. The van der Waals surface area contributed by atoms with Crippen LogP contribution in [0.15, 0.2) is 48.0 Å². The number of nitrogens with zero attached hydrogens (tertiary/aromatic N) is 1. The van der Waals surface area contributed by atoms with Crippen LogP contribution in [0.2, 0.25) is 0 Å². The maximum atomic E-state index is 12.9. The number of hydrogen-bond donors (Lipinski definition) is 1. The molecule has 9 heteroatoms. The summed E-state index contributed by atoms with van der Waals surface area (Å²) in [4.78, 5) is 12.1. The highest BCUT2D eigenvalue weighted by Crippen LogP contribution is 2.32. The van der Waals surface area contributed by atoms with Crippen LogP contribution in [0.3, 0.4) is 0 Å². The molecule has 0 bridgehead atoms. The standard InChI is InChI=1S/C23H23F3N2O4/c1-30-10-4-9-28-22(29)18(14-27)11-16-7-8-20(21(13-16)31-2)32-15-17-5-3-6-19(12-17)23(24,25)26/h3,5-8,11-13H,4,9-10,15H2,1-2H3,(H,28,29)/b18-11+. The molecule has 0 radical (unpaired) electrons. The molecule has 0 heterocycles. The highest BCUT2D eigenvalue weighted by molar-refractivity contribution is 6.01. The quantitative estimate of drug-likeness (QED) is 0.332. The van der Waals surface area contributed by atoms with E-state index in [1.807, 2.05) is 6.07 Å². The van der Waals surface area contributed by atoms with Gasteiger partial charge in [0.2, 0.25) is 0 Å². The van der Waals surface area contributed by atoms with Crippen molar-refractivity contribution in [2.75, 3.05) is 27.4 Å². The second-order valence-electron chi connectivity index (χ2n) is 6.67. The highest BCUT2D eigenvalue weighted by Gasteiger charge is 2.30. The Balaban J connectivity index is 2.11. The first-order chi connectivity index (χ1) is 15.3. The Labute approximate surface area is 184 Å². The van der Waals surface area contributed by atoms with Gasteiger partial charge in [0.05, 0.1) is 12.7 Å². The van der Waals surface area contributed by atoms with Crippen LogP contribution in [0, 0.1) is 11.3 Å². The van der Waals surface area contributed by atoms with Crippen LogP contribution in [-0.2, 0) is 22.3 Å². The first kappa shape index (κ1) is 24.8. The molecule has 170 valence electrons. The number of nitriles is 1. The summed E-state index contributed by atoms with van der Waals surface area (Å²) in [6.45, 7) is 0.769. The Bertz CT molecular complexity index is 997. The third-order valence-electron chi connectivity index (χ3n) is 4.32. The van der Waals surface area contributed by atoms with E-state index in [0.717, 1.165) is 12.1 Å². The molecule has 2 aromatic carbocycles. The number of carbonyl (C=O) groups is 1. The molecule has 0 saturated heterocycles. The minimum absolute atomic E-state index is 0.0814. The minimum atomic E-state index is -4.43. The smallest absolute Gasteiger partial charge is 0.416 e. The normalized spacial score (nSPS) is 11.6. The van der Waals surface area contributed by atoms with Crippen molar-refractivity contribution in [1.29, 1.82) is 5.26 Å². The van der Waals surface area contributed by atoms with Gasteiger partial charge in [-0.2, -0.15) is 18.4 Å². The molecular formula is C23H23F3N2O4. The van der Waals surface area contributed by atoms with Gasteiger partial charge in [-0.25, -0.2) is 0 Å². The molecule has 0 unspecified atom stereocenters. The number of amides is 1. The molecule has 32 heavy (non-hydrogen) atoms. The SMILES string of the molecule is COCCCNC(=O)/C(C#N)=C/c1ccc(OCc2cccc(C(F)(F)F)c2)c(OC)c1. The van der Waals surface area contributed by atoms with Crippen LogP contribution in [0.1, 0.15) is 23.1 Å². The zero-order chi connectivity index (χ0) is 23.6. The lowest BCUT2D eigenvalue weighted by Crippen LogP contribution is -2.26. The van der Waals surface area contributed by atoms with E-state index in [2.05, 4.69) is 5.32 Å². The minimum Gasteiger partial charge on any atom is -0.493 e. The van der Waals surface area contributed by atoms with Crippen LogP contribution >= 0.6 is 0 Å². The Morgan fingerprint density at radius 1 is 1.16 bits per heavy atom. The Kier molecular flexibility index (Phi) is 9.10. The number of nitrogens with one attached hydrogen (secondary N) is 1. The molecular weight excluding hydrogens is 425 g/mol.